The normalized spacial score (nSPS) is 34.4. The number of nitrogens with zero attached hydrogens (tertiary/aromatic N) is 2. The van der Waals surface area contributed by atoms with Crippen molar-refractivity contribution < 1.29 is 9.59 Å². The number of piperidine rings is 1. The molecule has 5 fully saturated rings. The van der Waals surface area contributed by atoms with Crippen LogP contribution in [-0.4, -0.2) is 40.8 Å². The summed E-state index contributed by atoms with van der Waals surface area (Å²) >= 11 is 0. The number of hydrogen-bond donors (Lipinski definition) is 1. The Labute approximate surface area is 167 Å². The molecule has 2 amide bonds. The summed E-state index contributed by atoms with van der Waals surface area (Å²) in [6.07, 6.45) is 13.9. The Bertz CT molecular complexity index is 704. The van der Waals surface area contributed by atoms with Crippen LogP contribution in [0, 0.1) is 23.2 Å². The van der Waals surface area contributed by atoms with Gasteiger partial charge in [0.1, 0.15) is 0 Å². The molecule has 4 aliphatic carbocycles. The maximum Gasteiger partial charge on any atom is 0.253 e. The number of hydrogen-bond acceptors (Lipinski definition) is 3. The van der Waals surface area contributed by atoms with Crippen molar-refractivity contribution in [1.29, 1.82) is 0 Å². The van der Waals surface area contributed by atoms with E-state index in [1.165, 1.54) is 38.5 Å². The molecule has 5 aliphatic rings. The molecule has 1 aromatic rings. The first-order chi connectivity index (χ1) is 13.6. The number of amides is 2. The zero-order valence-electron chi connectivity index (χ0n) is 16.6. The van der Waals surface area contributed by atoms with Crippen molar-refractivity contribution in [3.05, 3.63) is 30.1 Å². The Morgan fingerprint density at radius 2 is 1.71 bits per heavy atom. The van der Waals surface area contributed by atoms with Gasteiger partial charge in [-0.2, -0.15) is 0 Å². The zero-order chi connectivity index (χ0) is 19.1. The molecule has 1 aliphatic heterocycles. The molecule has 4 bridgehead atoms. The minimum Gasteiger partial charge on any atom is -0.349 e. The van der Waals surface area contributed by atoms with E-state index >= 15 is 0 Å². The van der Waals surface area contributed by atoms with Gasteiger partial charge in [-0.15, -0.1) is 0 Å². The van der Waals surface area contributed by atoms with E-state index in [9.17, 15) is 9.59 Å². The van der Waals surface area contributed by atoms with Gasteiger partial charge in [-0.25, -0.2) is 0 Å². The van der Waals surface area contributed by atoms with E-state index in [0.717, 1.165) is 50.1 Å². The summed E-state index contributed by atoms with van der Waals surface area (Å²) in [7, 11) is 0. The highest BCUT2D eigenvalue weighted by Crippen LogP contribution is 2.61. The number of rotatable bonds is 4. The third-order valence-corrected chi connectivity index (χ3v) is 7.80. The minimum atomic E-state index is -0.0635. The highest BCUT2D eigenvalue weighted by atomic mass is 16.2. The molecule has 5 heteroatoms. The average Bonchev–Trinajstić information content (AvgIpc) is 2.68. The van der Waals surface area contributed by atoms with Crippen LogP contribution in [0.25, 0.3) is 0 Å². The van der Waals surface area contributed by atoms with Gasteiger partial charge in [0.05, 0.1) is 5.56 Å². The van der Waals surface area contributed by atoms with E-state index in [-0.39, 0.29) is 11.9 Å². The number of carbonyl (C=O) groups excluding carboxylic acids is 2. The molecule has 0 radical (unpaired) electrons. The Kier molecular flexibility index (Phi) is 4.64. The standard InChI is InChI=1S/C23H31N3O2/c27-21(14-23-11-16-8-17(12-23)10-18(9-16)13-23)26-6-3-20(4-7-26)25-22(28)19-2-1-5-24-15-19/h1-2,5,15-18,20H,3-4,6-14H2,(H,25,28). The largest absolute Gasteiger partial charge is 0.349 e. The lowest BCUT2D eigenvalue weighted by atomic mass is 9.49. The molecule has 1 N–H and O–H groups in total. The number of nitrogens with one attached hydrogen (secondary N) is 1. The van der Waals surface area contributed by atoms with E-state index in [2.05, 4.69) is 15.2 Å². The fourth-order valence-corrected chi connectivity index (χ4v) is 6.98. The summed E-state index contributed by atoms with van der Waals surface area (Å²) < 4.78 is 0. The predicted octanol–water partition coefficient (Wildman–Crippen LogP) is 3.41. The second-order valence-corrected chi connectivity index (χ2v) is 9.96. The van der Waals surface area contributed by atoms with Crippen LogP contribution in [0.15, 0.2) is 24.5 Å². The number of likely N-dealkylation sites (tertiary alicyclic amines) is 1. The Hall–Kier alpha value is -1.91. The maximum absolute atomic E-state index is 13.1. The van der Waals surface area contributed by atoms with Gasteiger partial charge >= 0.3 is 0 Å². The molecule has 4 saturated carbocycles. The van der Waals surface area contributed by atoms with Gasteiger partial charge in [-0.3, -0.25) is 14.6 Å². The third-order valence-electron chi connectivity index (χ3n) is 7.80. The highest BCUT2D eigenvalue weighted by molar-refractivity contribution is 5.94. The molecule has 0 atom stereocenters. The minimum absolute atomic E-state index is 0.0635. The Morgan fingerprint density at radius 1 is 1.07 bits per heavy atom. The number of carbonyl (C=O) groups is 2. The topological polar surface area (TPSA) is 62.3 Å². The second kappa shape index (κ2) is 7.16. The molecule has 0 aromatic carbocycles. The SMILES string of the molecule is O=C(NC1CCN(C(=O)CC23CC4CC(CC(C4)C2)C3)CC1)c1cccnc1. The first-order valence-corrected chi connectivity index (χ1v) is 11.1. The summed E-state index contributed by atoms with van der Waals surface area (Å²) in [5, 5.41) is 3.10. The molecule has 0 spiro atoms. The van der Waals surface area contributed by atoms with Crippen molar-refractivity contribution >= 4 is 11.8 Å². The van der Waals surface area contributed by atoms with Gasteiger partial charge in [0.15, 0.2) is 0 Å². The van der Waals surface area contributed by atoms with Crippen LogP contribution < -0.4 is 5.32 Å². The summed E-state index contributed by atoms with van der Waals surface area (Å²) in [6.45, 7) is 1.53. The van der Waals surface area contributed by atoms with Gasteiger partial charge in [-0.1, -0.05) is 0 Å². The number of aromatic nitrogens is 1. The lowest BCUT2D eigenvalue weighted by Crippen LogP contribution is -2.50. The van der Waals surface area contributed by atoms with E-state index < -0.39 is 0 Å². The monoisotopic (exact) mass is 381 g/mol. The first-order valence-electron chi connectivity index (χ1n) is 11.1. The van der Waals surface area contributed by atoms with Gasteiger partial charge in [0.2, 0.25) is 5.91 Å². The number of pyridine rings is 1. The summed E-state index contributed by atoms with van der Waals surface area (Å²) in [6, 6.07) is 3.71. The summed E-state index contributed by atoms with van der Waals surface area (Å²) in [5.41, 5.74) is 0.917. The van der Waals surface area contributed by atoms with E-state index in [1.54, 1.807) is 24.5 Å². The van der Waals surface area contributed by atoms with Crippen molar-refractivity contribution in [2.24, 2.45) is 23.2 Å². The van der Waals surface area contributed by atoms with Gasteiger partial charge in [-0.05, 0) is 86.7 Å². The molecule has 150 valence electrons. The van der Waals surface area contributed by atoms with Crippen LogP contribution in [0.2, 0.25) is 0 Å². The van der Waals surface area contributed by atoms with Crippen LogP contribution in [0.5, 0.6) is 0 Å². The molecule has 5 nitrogen and oxygen atoms in total. The van der Waals surface area contributed by atoms with E-state index in [0.29, 0.717) is 16.9 Å². The van der Waals surface area contributed by atoms with Crippen molar-refractivity contribution in [3.63, 3.8) is 0 Å². The quantitative estimate of drug-likeness (QED) is 0.869. The molecular formula is C23H31N3O2. The van der Waals surface area contributed by atoms with Gasteiger partial charge < -0.3 is 10.2 Å². The van der Waals surface area contributed by atoms with Gasteiger partial charge in [0, 0.05) is 37.9 Å². The van der Waals surface area contributed by atoms with Crippen molar-refractivity contribution in [1.82, 2.24) is 15.2 Å². The van der Waals surface area contributed by atoms with Gasteiger partial charge in [0.25, 0.3) is 5.91 Å². The van der Waals surface area contributed by atoms with Crippen LogP contribution in [0.1, 0.15) is 68.1 Å². The van der Waals surface area contributed by atoms with Crippen LogP contribution in [0.4, 0.5) is 0 Å². The van der Waals surface area contributed by atoms with Crippen molar-refractivity contribution in [2.75, 3.05) is 13.1 Å². The summed E-state index contributed by atoms with van der Waals surface area (Å²) in [4.78, 5) is 31.4. The smallest absolute Gasteiger partial charge is 0.253 e. The second-order valence-electron chi connectivity index (χ2n) is 9.96. The molecular weight excluding hydrogens is 350 g/mol. The molecule has 0 unspecified atom stereocenters. The molecule has 1 aromatic heterocycles. The van der Waals surface area contributed by atoms with Crippen molar-refractivity contribution in [3.8, 4) is 0 Å². The molecule has 1 saturated heterocycles. The first kappa shape index (κ1) is 18.1. The third kappa shape index (κ3) is 3.56. The predicted molar refractivity (Wildman–Crippen MR) is 107 cm³/mol. The van der Waals surface area contributed by atoms with Crippen molar-refractivity contribution in [2.45, 2.75) is 63.8 Å². The molecule has 28 heavy (non-hydrogen) atoms. The van der Waals surface area contributed by atoms with E-state index in [4.69, 9.17) is 0 Å². The maximum atomic E-state index is 13.1. The Morgan fingerprint density at radius 3 is 2.29 bits per heavy atom. The van der Waals surface area contributed by atoms with E-state index in [1.807, 2.05) is 0 Å². The average molecular weight is 382 g/mol. The molecule has 2 heterocycles. The zero-order valence-corrected chi connectivity index (χ0v) is 16.6. The van der Waals surface area contributed by atoms with Crippen LogP contribution in [0.3, 0.4) is 0 Å². The Balaban J connectivity index is 1.13. The lowest BCUT2D eigenvalue weighted by Gasteiger charge is -2.57. The highest BCUT2D eigenvalue weighted by Gasteiger charge is 2.51. The van der Waals surface area contributed by atoms with Crippen LogP contribution >= 0.6 is 0 Å². The lowest BCUT2D eigenvalue weighted by molar-refractivity contribution is -0.140. The fraction of sp³-hybridized carbons (Fsp3) is 0.696. The fourth-order valence-electron chi connectivity index (χ4n) is 6.98. The summed E-state index contributed by atoms with van der Waals surface area (Å²) in [5.74, 6) is 2.98. The van der Waals surface area contributed by atoms with Crippen LogP contribution in [-0.2, 0) is 4.79 Å². The molecule has 6 rings (SSSR count).